The van der Waals surface area contributed by atoms with Gasteiger partial charge in [-0.15, -0.1) is 0 Å². The van der Waals surface area contributed by atoms with E-state index >= 15 is 0 Å². The van der Waals surface area contributed by atoms with Crippen molar-refractivity contribution in [1.82, 2.24) is 9.47 Å². The number of amides is 1. The summed E-state index contributed by atoms with van der Waals surface area (Å²) in [6.45, 7) is 1.15. The number of carbonyl (C=O) groups is 2. The number of ether oxygens (including phenoxy) is 1. The lowest BCUT2D eigenvalue weighted by Gasteiger charge is -2.30. The first-order chi connectivity index (χ1) is 9.02. The first kappa shape index (κ1) is 13.5. The molecule has 0 aromatic carbocycles. The largest absolute Gasteiger partial charge is 0.469 e. The molecule has 1 saturated heterocycles. The van der Waals surface area contributed by atoms with Crippen LogP contribution in [-0.2, 0) is 16.6 Å². The molecule has 0 bridgehead atoms. The Morgan fingerprint density at radius 2 is 2.00 bits per heavy atom. The molecule has 0 saturated carbocycles. The average molecular weight is 265 g/mol. The Kier molecular flexibility index (Phi) is 3.78. The lowest BCUT2D eigenvalue weighted by molar-refractivity contribution is -0.146. The molecule has 2 heterocycles. The fourth-order valence-electron chi connectivity index (χ4n) is 2.45. The number of nitrogens with zero attached hydrogens (tertiary/aromatic N) is 2. The van der Waals surface area contributed by atoms with Crippen molar-refractivity contribution in [3.05, 3.63) is 18.0 Å². The summed E-state index contributed by atoms with van der Waals surface area (Å²) in [5, 5.41) is 0. The van der Waals surface area contributed by atoms with Crippen molar-refractivity contribution in [1.29, 1.82) is 0 Å². The second-order valence-electron chi connectivity index (χ2n) is 4.86. The highest BCUT2D eigenvalue weighted by molar-refractivity contribution is 5.94. The van der Waals surface area contributed by atoms with Crippen LogP contribution in [-0.4, -0.2) is 41.5 Å². The first-order valence-electron chi connectivity index (χ1n) is 6.32. The highest BCUT2D eigenvalue weighted by Gasteiger charge is 2.29. The minimum Gasteiger partial charge on any atom is -0.469 e. The summed E-state index contributed by atoms with van der Waals surface area (Å²) in [4.78, 5) is 25.5. The first-order valence-corrected chi connectivity index (χ1v) is 6.32. The maximum absolute atomic E-state index is 12.3. The topological polar surface area (TPSA) is 77.6 Å². The molecular formula is C13H19N3O3. The second-order valence-corrected chi connectivity index (χ2v) is 4.86. The fraction of sp³-hybridized carbons (Fsp3) is 0.538. The predicted octanol–water partition coefficient (Wildman–Crippen LogP) is 0.632. The van der Waals surface area contributed by atoms with Gasteiger partial charge < -0.3 is 19.9 Å². The number of carbonyl (C=O) groups excluding carboxylic acids is 2. The van der Waals surface area contributed by atoms with Gasteiger partial charge >= 0.3 is 5.97 Å². The van der Waals surface area contributed by atoms with Gasteiger partial charge in [-0.25, -0.2) is 0 Å². The van der Waals surface area contributed by atoms with E-state index in [9.17, 15) is 9.59 Å². The van der Waals surface area contributed by atoms with Crippen molar-refractivity contribution in [3.63, 3.8) is 0 Å². The number of anilines is 1. The molecule has 1 aliphatic rings. The summed E-state index contributed by atoms with van der Waals surface area (Å²) in [5.74, 6) is -0.315. The van der Waals surface area contributed by atoms with Gasteiger partial charge in [0.25, 0.3) is 5.91 Å². The van der Waals surface area contributed by atoms with Crippen molar-refractivity contribution in [2.24, 2.45) is 13.0 Å². The Morgan fingerprint density at radius 1 is 1.37 bits per heavy atom. The van der Waals surface area contributed by atoms with Gasteiger partial charge in [0.2, 0.25) is 0 Å². The van der Waals surface area contributed by atoms with E-state index in [4.69, 9.17) is 10.5 Å². The fourth-order valence-corrected chi connectivity index (χ4v) is 2.45. The lowest BCUT2D eigenvalue weighted by atomic mass is 9.97. The summed E-state index contributed by atoms with van der Waals surface area (Å²) in [6.07, 6.45) is 3.02. The van der Waals surface area contributed by atoms with Crippen LogP contribution in [0.5, 0.6) is 0 Å². The van der Waals surface area contributed by atoms with Crippen LogP contribution in [0.4, 0.5) is 5.69 Å². The summed E-state index contributed by atoms with van der Waals surface area (Å²) < 4.78 is 6.46. The van der Waals surface area contributed by atoms with Gasteiger partial charge in [-0.3, -0.25) is 9.59 Å². The predicted molar refractivity (Wildman–Crippen MR) is 70.5 cm³/mol. The average Bonchev–Trinajstić information content (AvgIpc) is 2.76. The number of methoxy groups -OCH3 is 1. The molecule has 0 atom stereocenters. The van der Waals surface area contributed by atoms with Crippen LogP contribution < -0.4 is 5.73 Å². The SMILES string of the molecule is COC(=O)C1CCN(C(=O)c2cc(N)cn2C)CC1. The van der Waals surface area contributed by atoms with Crippen molar-refractivity contribution in [2.45, 2.75) is 12.8 Å². The van der Waals surface area contributed by atoms with Crippen molar-refractivity contribution < 1.29 is 14.3 Å². The third-order valence-electron chi connectivity index (χ3n) is 3.56. The maximum Gasteiger partial charge on any atom is 0.308 e. The minimum absolute atomic E-state index is 0.0393. The molecule has 0 unspecified atom stereocenters. The zero-order chi connectivity index (χ0) is 14.0. The Bertz CT molecular complexity index is 487. The number of esters is 1. The van der Waals surface area contributed by atoms with Crippen LogP contribution in [0.15, 0.2) is 12.3 Å². The van der Waals surface area contributed by atoms with Gasteiger partial charge in [-0.1, -0.05) is 0 Å². The Balaban J connectivity index is 2.00. The van der Waals surface area contributed by atoms with Crippen molar-refractivity contribution in [2.75, 3.05) is 25.9 Å². The number of rotatable bonds is 2. The Morgan fingerprint density at radius 3 is 2.47 bits per heavy atom. The summed E-state index contributed by atoms with van der Waals surface area (Å²) in [7, 11) is 3.19. The number of nitrogen functional groups attached to an aromatic ring is 1. The van der Waals surface area contributed by atoms with Crippen LogP contribution >= 0.6 is 0 Å². The van der Waals surface area contributed by atoms with Crippen molar-refractivity contribution in [3.8, 4) is 0 Å². The smallest absolute Gasteiger partial charge is 0.308 e. The second kappa shape index (κ2) is 5.34. The van der Waals surface area contributed by atoms with Gasteiger partial charge in [0.05, 0.1) is 18.7 Å². The van der Waals surface area contributed by atoms with E-state index in [2.05, 4.69) is 0 Å². The molecule has 0 aliphatic carbocycles. The van der Waals surface area contributed by atoms with Crippen LogP contribution in [0.3, 0.4) is 0 Å². The highest BCUT2D eigenvalue weighted by Crippen LogP contribution is 2.21. The van der Waals surface area contributed by atoms with E-state index in [0.717, 1.165) is 0 Å². The summed E-state index contributed by atoms with van der Waals surface area (Å²) >= 11 is 0. The number of piperidine rings is 1. The number of nitrogens with two attached hydrogens (primary N) is 1. The minimum atomic E-state index is -0.185. The van der Waals surface area contributed by atoms with Crippen LogP contribution in [0.2, 0.25) is 0 Å². The lowest BCUT2D eigenvalue weighted by Crippen LogP contribution is -2.41. The molecule has 0 spiro atoms. The third-order valence-corrected chi connectivity index (χ3v) is 3.56. The molecule has 19 heavy (non-hydrogen) atoms. The molecule has 6 nitrogen and oxygen atoms in total. The van der Waals surface area contributed by atoms with Crippen LogP contribution in [0, 0.1) is 5.92 Å². The molecule has 1 aromatic rings. The number of likely N-dealkylation sites (tertiary alicyclic amines) is 1. The summed E-state index contributed by atoms with van der Waals surface area (Å²) in [5.41, 5.74) is 6.83. The third kappa shape index (κ3) is 2.72. The van der Waals surface area contributed by atoms with Crippen molar-refractivity contribution >= 4 is 17.6 Å². The zero-order valence-electron chi connectivity index (χ0n) is 11.3. The van der Waals surface area contributed by atoms with E-state index in [1.165, 1.54) is 7.11 Å². The van der Waals surface area contributed by atoms with Crippen LogP contribution in [0.25, 0.3) is 0 Å². The van der Waals surface area contributed by atoms with Crippen LogP contribution in [0.1, 0.15) is 23.3 Å². The molecule has 104 valence electrons. The zero-order valence-corrected chi connectivity index (χ0v) is 11.3. The molecule has 1 aliphatic heterocycles. The molecule has 2 rings (SSSR count). The number of aryl methyl sites for hydroxylation is 1. The molecule has 1 amide bonds. The molecular weight excluding hydrogens is 246 g/mol. The van der Waals surface area contributed by atoms with Gasteiger partial charge in [0.1, 0.15) is 5.69 Å². The molecule has 6 heteroatoms. The van der Waals surface area contributed by atoms with E-state index < -0.39 is 0 Å². The quantitative estimate of drug-likeness (QED) is 0.796. The number of hydrogen-bond acceptors (Lipinski definition) is 4. The molecule has 0 radical (unpaired) electrons. The normalized spacial score (nSPS) is 16.4. The van der Waals surface area contributed by atoms with Gasteiger partial charge in [0, 0.05) is 26.3 Å². The summed E-state index contributed by atoms with van der Waals surface area (Å²) in [6, 6.07) is 1.68. The highest BCUT2D eigenvalue weighted by atomic mass is 16.5. The Labute approximate surface area is 112 Å². The molecule has 1 fully saturated rings. The Hall–Kier alpha value is -1.98. The van der Waals surface area contributed by atoms with Gasteiger partial charge in [-0.05, 0) is 18.9 Å². The number of aromatic nitrogens is 1. The van der Waals surface area contributed by atoms with E-state index in [1.807, 2.05) is 0 Å². The molecule has 2 N–H and O–H groups in total. The molecule has 1 aromatic heterocycles. The van der Waals surface area contributed by atoms with Gasteiger partial charge in [-0.2, -0.15) is 0 Å². The maximum atomic E-state index is 12.3. The monoisotopic (exact) mass is 265 g/mol. The van der Waals surface area contributed by atoms with E-state index in [0.29, 0.717) is 37.3 Å². The van der Waals surface area contributed by atoms with Gasteiger partial charge in [0.15, 0.2) is 0 Å². The standard InChI is InChI=1S/C13H19N3O3/c1-15-8-10(14)7-11(15)12(17)16-5-3-9(4-6-16)13(18)19-2/h7-9H,3-6,14H2,1-2H3. The number of hydrogen-bond donors (Lipinski definition) is 1. The van der Waals surface area contributed by atoms with E-state index in [1.54, 1.807) is 28.8 Å². The van der Waals surface area contributed by atoms with E-state index in [-0.39, 0.29) is 17.8 Å².